The van der Waals surface area contributed by atoms with Gasteiger partial charge in [-0.2, -0.15) is 0 Å². The Bertz CT molecular complexity index is 155. The molecule has 0 aromatic heterocycles. The Morgan fingerprint density at radius 1 is 0.857 bits per heavy atom. The summed E-state index contributed by atoms with van der Waals surface area (Å²) in [5, 5.41) is 3.50. The Morgan fingerprint density at radius 2 is 1.36 bits per heavy atom. The molecule has 0 fully saturated rings. The molecule has 0 aromatic rings. The van der Waals surface area contributed by atoms with Gasteiger partial charge < -0.3 is 0 Å². The van der Waals surface area contributed by atoms with Crippen molar-refractivity contribution in [2.24, 2.45) is 5.11 Å². The lowest BCUT2D eigenvalue weighted by Crippen LogP contribution is -1.83. The van der Waals surface area contributed by atoms with Gasteiger partial charge in [0.25, 0.3) is 0 Å². The first-order valence-electron chi connectivity index (χ1n) is 5.48. The van der Waals surface area contributed by atoms with Crippen LogP contribution < -0.4 is 0 Å². The van der Waals surface area contributed by atoms with Crippen molar-refractivity contribution in [3.63, 3.8) is 0 Å². The van der Waals surface area contributed by atoms with Crippen molar-refractivity contribution >= 4 is 11.6 Å². The zero-order valence-corrected chi connectivity index (χ0v) is 9.55. The summed E-state index contributed by atoms with van der Waals surface area (Å²) in [5.74, 6) is 0.798. The van der Waals surface area contributed by atoms with E-state index in [2.05, 4.69) is 10.0 Å². The third-order valence-corrected chi connectivity index (χ3v) is 2.47. The molecule has 0 saturated carbocycles. The van der Waals surface area contributed by atoms with Crippen LogP contribution in [0.15, 0.2) is 5.11 Å². The van der Waals surface area contributed by atoms with E-state index in [1.807, 2.05) is 0 Å². The number of alkyl halides is 1. The van der Waals surface area contributed by atoms with Crippen LogP contribution in [0, 0.1) is 0 Å². The van der Waals surface area contributed by atoms with Gasteiger partial charge in [-0.15, -0.1) is 11.6 Å². The molecule has 0 radical (unpaired) electrons. The van der Waals surface area contributed by atoms with E-state index in [-0.39, 0.29) is 0 Å². The molecule has 82 valence electrons. The Kier molecular flexibility index (Phi) is 12.2. The van der Waals surface area contributed by atoms with Crippen molar-refractivity contribution in [3.05, 3.63) is 10.4 Å². The van der Waals surface area contributed by atoms with E-state index in [0.29, 0.717) is 6.54 Å². The fraction of sp³-hybridized carbons (Fsp3) is 1.00. The van der Waals surface area contributed by atoms with Crippen LogP contribution in [-0.4, -0.2) is 12.4 Å². The summed E-state index contributed by atoms with van der Waals surface area (Å²) in [4.78, 5) is 2.72. The highest BCUT2D eigenvalue weighted by atomic mass is 35.5. The summed E-state index contributed by atoms with van der Waals surface area (Å²) in [6, 6.07) is 0. The van der Waals surface area contributed by atoms with Gasteiger partial charge in [-0.1, -0.05) is 43.6 Å². The highest BCUT2D eigenvalue weighted by molar-refractivity contribution is 6.17. The van der Waals surface area contributed by atoms with Crippen molar-refractivity contribution in [2.75, 3.05) is 12.4 Å². The van der Waals surface area contributed by atoms with Gasteiger partial charge in [-0.3, -0.25) is 0 Å². The van der Waals surface area contributed by atoms with Crippen LogP contribution in [0.25, 0.3) is 10.4 Å². The molecule has 0 atom stereocenters. The van der Waals surface area contributed by atoms with Gasteiger partial charge in [-0.25, -0.2) is 0 Å². The van der Waals surface area contributed by atoms with E-state index in [4.69, 9.17) is 17.1 Å². The normalized spacial score (nSPS) is 9.79. The molecular formula is C10H20ClN3. The molecule has 3 nitrogen and oxygen atoms in total. The van der Waals surface area contributed by atoms with Crippen molar-refractivity contribution in [2.45, 2.75) is 51.4 Å². The number of nitrogens with zero attached hydrogens (tertiary/aromatic N) is 3. The zero-order valence-electron chi connectivity index (χ0n) is 8.79. The summed E-state index contributed by atoms with van der Waals surface area (Å²) < 4.78 is 0. The lowest BCUT2D eigenvalue weighted by molar-refractivity contribution is 0.579. The van der Waals surface area contributed by atoms with Crippen molar-refractivity contribution in [1.29, 1.82) is 0 Å². The van der Waals surface area contributed by atoms with E-state index in [1.54, 1.807) is 0 Å². The van der Waals surface area contributed by atoms with Gasteiger partial charge in [-0.05, 0) is 18.4 Å². The maximum absolute atomic E-state index is 8.04. The largest absolute Gasteiger partial charge is 0.127 e. The molecule has 0 amide bonds. The van der Waals surface area contributed by atoms with Crippen LogP contribution in [0.1, 0.15) is 51.4 Å². The second-order valence-corrected chi connectivity index (χ2v) is 3.85. The molecule has 0 unspecified atom stereocenters. The molecule has 14 heavy (non-hydrogen) atoms. The molecule has 0 heterocycles. The SMILES string of the molecule is [N-]=[N+]=NCCCCCCCCCCCl. The number of rotatable bonds is 10. The molecule has 0 N–H and O–H groups in total. The summed E-state index contributed by atoms with van der Waals surface area (Å²) in [6.07, 6.45) is 9.84. The second kappa shape index (κ2) is 12.6. The van der Waals surface area contributed by atoms with Crippen LogP contribution in [0.5, 0.6) is 0 Å². The lowest BCUT2D eigenvalue weighted by atomic mass is 10.1. The van der Waals surface area contributed by atoms with Crippen molar-refractivity contribution in [3.8, 4) is 0 Å². The molecule has 0 saturated heterocycles. The van der Waals surface area contributed by atoms with Crippen LogP contribution in [0.2, 0.25) is 0 Å². The number of hydrogen-bond acceptors (Lipinski definition) is 1. The number of unbranched alkanes of at least 4 members (excludes halogenated alkanes) is 7. The predicted molar refractivity (Wildman–Crippen MR) is 61.7 cm³/mol. The Hall–Kier alpha value is -0.400. The molecule has 0 bridgehead atoms. The maximum atomic E-state index is 8.04. The average molecular weight is 218 g/mol. The van der Waals surface area contributed by atoms with E-state index in [1.165, 1.54) is 38.5 Å². The van der Waals surface area contributed by atoms with Gasteiger partial charge in [0.2, 0.25) is 0 Å². The first-order chi connectivity index (χ1) is 6.91. The van der Waals surface area contributed by atoms with Crippen LogP contribution >= 0.6 is 11.6 Å². The topological polar surface area (TPSA) is 48.8 Å². The first kappa shape index (κ1) is 13.6. The highest BCUT2D eigenvalue weighted by Gasteiger charge is 1.91. The lowest BCUT2D eigenvalue weighted by Gasteiger charge is -1.99. The summed E-state index contributed by atoms with van der Waals surface area (Å²) in [6.45, 7) is 0.656. The highest BCUT2D eigenvalue weighted by Crippen LogP contribution is 2.08. The average Bonchev–Trinajstić information content (AvgIpc) is 2.21. The van der Waals surface area contributed by atoms with Gasteiger partial charge in [0.05, 0.1) is 0 Å². The minimum Gasteiger partial charge on any atom is -0.127 e. The van der Waals surface area contributed by atoms with Gasteiger partial charge in [0.15, 0.2) is 0 Å². The molecule has 4 heteroatoms. The van der Waals surface area contributed by atoms with Crippen LogP contribution in [-0.2, 0) is 0 Å². The van der Waals surface area contributed by atoms with Crippen LogP contribution in [0.4, 0.5) is 0 Å². The molecule has 0 aromatic carbocycles. The summed E-state index contributed by atoms with van der Waals surface area (Å²) in [7, 11) is 0. The standard InChI is InChI=1S/C10H20ClN3/c11-9-7-5-3-1-2-4-6-8-10-13-14-12/h1-10H2. The molecule has 0 aliphatic rings. The van der Waals surface area contributed by atoms with Gasteiger partial charge in [0, 0.05) is 17.3 Å². The molecule has 0 aliphatic carbocycles. The Morgan fingerprint density at radius 3 is 1.86 bits per heavy atom. The fourth-order valence-electron chi connectivity index (χ4n) is 1.38. The number of hydrogen-bond donors (Lipinski definition) is 0. The quantitative estimate of drug-likeness (QED) is 0.168. The molecule has 0 aliphatic heterocycles. The second-order valence-electron chi connectivity index (χ2n) is 3.47. The minimum atomic E-state index is 0.656. The third kappa shape index (κ3) is 11.6. The van der Waals surface area contributed by atoms with Crippen LogP contribution in [0.3, 0.4) is 0 Å². The van der Waals surface area contributed by atoms with Gasteiger partial charge in [0.1, 0.15) is 0 Å². The Balaban J connectivity index is 2.88. The Labute approximate surface area is 91.5 Å². The van der Waals surface area contributed by atoms with E-state index < -0.39 is 0 Å². The predicted octanol–water partition coefficient (Wildman–Crippen LogP) is 4.66. The third-order valence-electron chi connectivity index (χ3n) is 2.20. The molecule has 0 spiro atoms. The van der Waals surface area contributed by atoms with E-state index in [9.17, 15) is 0 Å². The first-order valence-corrected chi connectivity index (χ1v) is 6.02. The zero-order chi connectivity index (χ0) is 10.5. The monoisotopic (exact) mass is 217 g/mol. The molecular weight excluding hydrogens is 198 g/mol. The smallest absolute Gasteiger partial charge is 0.0257 e. The van der Waals surface area contributed by atoms with E-state index in [0.717, 1.165) is 18.7 Å². The van der Waals surface area contributed by atoms with Crippen molar-refractivity contribution in [1.82, 2.24) is 0 Å². The number of azide groups is 1. The number of halogens is 1. The summed E-state index contributed by atoms with van der Waals surface area (Å²) in [5.41, 5.74) is 8.04. The molecule has 0 rings (SSSR count). The van der Waals surface area contributed by atoms with Gasteiger partial charge >= 0.3 is 0 Å². The maximum Gasteiger partial charge on any atom is 0.0257 e. The minimum absolute atomic E-state index is 0.656. The van der Waals surface area contributed by atoms with E-state index >= 15 is 0 Å². The summed E-state index contributed by atoms with van der Waals surface area (Å²) >= 11 is 5.57. The van der Waals surface area contributed by atoms with Crippen molar-refractivity contribution < 1.29 is 0 Å². The fourth-order valence-corrected chi connectivity index (χ4v) is 1.57.